The second-order valence-electron chi connectivity index (χ2n) is 4.20. The molecule has 1 heterocycles. The third kappa shape index (κ3) is 3.29. The minimum atomic E-state index is -2.37. The molecule has 4 nitrogen and oxygen atoms in total. The lowest BCUT2D eigenvalue weighted by Gasteiger charge is -2.28. The van der Waals surface area contributed by atoms with Gasteiger partial charge in [0, 0.05) is 40.7 Å². The zero-order chi connectivity index (χ0) is 10.8. The topological polar surface area (TPSA) is 61.2 Å². The number of carbonyl (C=O) groups is 1. The van der Waals surface area contributed by atoms with E-state index in [0.29, 0.717) is 36.9 Å². The van der Waals surface area contributed by atoms with Gasteiger partial charge in [-0.3, -0.25) is 9.57 Å². The third-order valence-corrected chi connectivity index (χ3v) is 4.00. The Bertz CT molecular complexity index is 295. The summed E-state index contributed by atoms with van der Waals surface area (Å²) in [5.74, 6) is 1.19. The van der Waals surface area contributed by atoms with Crippen LogP contribution in [0.3, 0.4) is 0 Å². The average molecular weight is 218 g/mol. The molecule has 1 amide bonds. The summed E-state index contributed by atoms with van der Waals surface area (Å²) in [5, 5.41) is 0. The second kappa shape index (κ2) is 4.29. The number of carbonyl (C=O) groups excluding carboxylic acids is 1. The minimum absolute atomic E-state index is 0.134. The van der Waals surface area contributed by atoms with E-state index in [1.807, 2.05) is 13.8 Å². The van der Waals surface area contributed by atoms with Crippen LogP contribution in [0.4, 0.5) is 0 Å². The van der Waals surface area contributed by atoms with E-state index in [4.69, 9.17) is 4.78 Å². The highest BCUT2D eigenvalue weighted by molar-refractivity contribution is 7.92. The van der Waals surface area contributed by atoms with Gasteiger partial charge in [0.05, 0.1) is 0 Å². The Hall–Kier alpha value is -0.580. The van der Waals surface area contributed by atoms with E-state index in [0.717, 1.165) is 0 Å². The van der Waals surface area contributed by atoms with Crippen LogP contribution in [0.1, 0.15) is 20.3 Å². The van der Waals surface area contributed by atoms with Gasteiger partial charge in [-0.15, -0.1) is 0 Å². The van der Waals surface area contributed by atoms with E-state index >= 15 is 0 Å². The molecule has 0 aliphatic carbocycles. The van der Waals surface area contributed by atoms with Gasteiger partial charge in [0.2, 0.25) is 5.91 Å². The maximum Gasteiger partial charge on any atom is 0.222 e. The maximum atomic E-state index is 11.6. The van der Waals surface area contributed by atoms with Gasteiger partial charge in [-0.25, -0.2) is 4.21 Å². The van der Waals surface area contributed by atoms with Crippen molar-refractivity contribution in [2.24, 2.45) is 5.92 Å². The van der Waals surface area contributed by atoms with Gasteiger partial charge in [-0.2, -0.15) is 0 Å². The van der Waals surface area contributed by atoms with Crippen molar-refractivity contribution in [1.82, 2.24) is 4.90 Å². The normalized spacial score (nSPS) is 21.2. The smallest absolute Gasteiger partial charge is 0.222 e. The summed E-state index contributed by atoms with van der Waals surface area (Å²) in [6.45, 7) is 5.01. The van der Waals surface area contributed by atoms with Crippen LogP contribution >= 0.6 is 0 Å². The molecule has 0 aromatic heterocycles. The third-order valence-electron chi connectivity index (χ3n) is 2.32. The van der Waals surface area contributed by atoms with Crippen LogP contribution in [0.25, 0.3) is 0 Å². The van der Waals surface area contributed by atoms with Crippen LogP contribution in [0.5, 0.6) is 0 Å². The molecule has 1 aliphatic rings. The highest BCUT2D eigenvalue weighted by Crippen LogP contribution is 2.09. The van der Waals surface area contributed by atoms with Gasteiger partial charge in [0.25, 0.3) is 0 Å². The van der Waals surface area contributed by atoms with E-state index in [9.17, 15) is 9.00 Å². The van der Waals surface area contributed by atoms with Crippen LogP contribution in [0.15, 0.2) is 0 Å². The molecule has 0 aromatic carbocycles. The molecule has 0 bridgehead atoms. The first kappa shape index (κ1) is 11.5. The van der Waals surface area contributed by atoms with Crippen molar-refractivity contribution in [3.05, 3.63) is 0 Å². The number of hydrogen-bond acceptors (Lipinski definition) is 3. The lowest BCUT2D eigenvalue weighted by molar-refractivity contribution is -0.131. The number of nitrogens with one attached hydrogen (secondary N) is 1. The van der Waals surface area contributed by atoms with Crippen molar-refractivity contribution in [3.8, 4) is 0 Å². The fraction of sp³-hybridized carbons (Fsp3) is 0.889. The summed E-state index contributed by atoms with van der Waals surface area (Å²) in [7, 11) is -2.37. The highest BCUT2D eigenvalue weighted by Gasteiger charge is 2.22. The number of amides is 1. The summed E-state index contributed by atoms with van der Waals surface area (Å²) in [6.07, 6.45) is 0.555. The molecular weight excluding hydrogens is 200 g/mol. The summed E-state index contributed by atoms with van der Waals surface area (Å²) in [4.78, 5) is 13.3. The van der Waals surface area contributed by atoms with Gasteiger partial charge in [-0.05, 0) is 5.92 Å². The van der Waals surface area contributed by atoms with Crippen molar-refractivity contribution in [2.75, 3.05) is 24.6 Å². The summed E-state index contributed by atoms with van der Waals surface area (Å²) in [5.41, 5.74) is 0. The fourth-order valence-electron chi connectivity index (χ4n) is 1.46. The molecule has 0 radical (unpaired) electrons. The zero-order valence-corrected chi connectivity index (χ0v) is 9.60. The monoisotopic (exact) mass is 218 g/mol. The zero-order valence-electron chi connectivity index (χ0n) is 8.78. The van der Waals surface area contributed by atoms with Crippen molar-refractivity contribution < 1.29 is 9.00 Å². The first-order valence-corrected chi connectivity index (χ1v) is 6.82. The van der Waals surface area contributed by atoms with Crippen molar-refractivity contribution in [3.63, 3.8) is 0 Å². The molecule has 14 heavy (non-hydrogen) atoms. The molecule has 0 unspecified atom stereocenters. The summed E-state index contributed by atoms with van der Waals surface area (Å²) >= 11 is 0. The summed E-state index contributed by atoms with van der Waals surface area (Å²) < 4.78 is 18.7. The highest BCUT2D eigenvalue weighted by atomic mass is 32.2. The Morgan fingerprint density at radius 1 is 1.43 bits per heavy atom. The molecule has 1 fully saturated rings. The molecule has 0 spiro atoms. The van der Waals surface area contributed by atoms with Crippen LogP contribution in [-0.2, 0) is 14.5 Å². The molecule has 1 N–H and O–H groups in total. The molecule has 1 aliphatic heterocycles. The quantitative estimate of drug-likeness (QED) is 0.749. The predicted molar refractivity (Wildman–Crippen MR) is 56.6 cm³/mol. The van der Waals surface area contributed by atoms with E-state index in [2.05, 4.69) is 0 Å². The van der Waals surface area contributed by atoms with Crippen LogP contribution in [-0.4, -0.2) is 39.6 Å². The number of nitrogens with zero attached hydrogens (tertiary/aromatic N) is 1. The second-order valence-corrected chi connectivity index (χ2v) is 6.64. The van der Waals surface area contributed by atoms with Crippen molar-refractivity contribution in [1.29, 1.82) is 4.78 Å². The first-order valence-electron chi connectivity index (χ1n) is 4.92. The lowest BCUT2D eigenvalue weighted by atomic mass is 10.1. The Morgan fingerprint density at radius 3 is 2.36 bits per heavy atom. The Labute approximate surface area is 85.6 Å². The Morgan fingerprint density at radius 2 is 1.93 bits per heavy atom. The van der Waals surface area contributed by atoms with E-state index in [1.165, 1.54) is 0 Å². The Balaban J connectivity index is 2.46. The lowest BCUT2D eigenvalue weighted by Crippen LogP contribution is -2.43. The number of hydrogen-bond donors (Lipinski definition) is 1. The van der Waals surface area contributed by atoms with Gasteiger partial charge < -0.3 is 4.90 Å². The minimum Gasteiger partial charge on any atom is -0.341 e. The molecule has 0 atom stereocenters. The van der Waals surface area contributed by atoms with Crippen molar-refractivity contribution in [2.45, 2.75) is 20.3 Å². The standard InChI is InChI=1S/C9H18N2O2S/c1-8(2)7-9(12)11-3-5-14(10,13)6-4-11/h8,10H,3-7H2,1-2H3. The largest absolute Gasteiger partial charge is 0.341 e. The van der Waals surface area contributed by atoms with Crippen LogP contribution in [0.2, 0.25) is 0 Å². The number of rotatable bonds is 2. The molecule has 0 saturated carbocycles. The van der Waals surface area contributed by atoms with Crippen LogP contribution in [0, 0.1) is 10.7 Å². The van der Waals surface area contributed by atoms with Gasteiger partial charge in [0.15, 0.2) is 0 Å². The van der Waals surface area contributed by atoms with Crippen molar-refractivity contribution >= 4 is 15.6 Å². The average Bonchev–Trinajstić information content (AvgIpc) is 2.02. The molecule has 1 rings (SSSR count). The van der Waals surface area contributed by atoms with Gasteiger partial charge in [-0.1, -0.05) is 13.8 Å². The first-order chi connectivity index (χ1) is 6.41. The molecular formula is C9H18N2O2S. The SMILES string of the molecule is CC(C)CC(=O)N1CCS(=N)(=O)CC1. The maximum absolute atomic E-state index is 11.6. The molecule has 5 heteroatoms. The van der Waals surface area contributed by atoms with Gasteiger partial charge >= 0.3 is 0 Å². The summed E-state index contributed by atoms with van der Waals surface area (Å²) in [6, 6.07) is 0. The molecule has 1 saturated heterocycles. The Kier molecular flexibility index (Phi) is 3.53. The molecule has 0 aromatic rings. The van der Waals surface area contributed by atoms with E-state index in [1.54, 1.807) is 4.90 Å². The fourth-order valence-corrected chi connectivity index (χ4v) is 2.69. The van der Waals surface area contributed by atoms with E-state index < -0.39 is 9.73 Å². The van der Waals surface area contributed by atoms with Gasteiger partial charge in [0.1, 0.15) is 0 Å². The van der Waals surface area contributed by atoms with Crippen LogP contribution < -0.4 is 0 Å². The molecule has 82 valence electrons. The predicted octanol–water partition coefficient (Wildman–Crippen LogP) is 0.921. The van der Waals surface area contributed by atoms with E-state index in [-0.39, 0.29) is 5.91 Å².